The SMILES string of the molecule is COCc1cccc(CC[C@@H](/C=C/C2[C@H](O[Si](C)(C)C(C)(C)C)CC(=O)[C@@H]2C/C=C\CCCC(=O)O)O[Si](C)(C)C(C)(C)C)c1. The zero-order chi connectivity index (χ0) is 34.1. The van der Waals surface area contributed by atoms with Gasteiger partial charge >= 0.3 is 5.97 Å². The summed E-state index contributed by atoms with van der Waals surface area (Å²) in [6, 6.07) is 8.57. The smallest absolute Gasteiger partial charge is 0.303 e. The maximum Gasteiger partial charge on any atom is 0.303 e. The lowest BCUT2D eigenvalue weighted by Gasteiger charge is -2.40. The molecule has 45 heavy (non-hydrogen) atoms. The minimum Gasteiger partial charge on any atom is -0.481 e. The Morgan fingerprint density at radius 3 is 2.27 bits per heavy atom. The van der Waals surface area contributed by atoms with Crippen molar-refractivity contribution in [1.29, 1.82) is 0 Å². The van der Waals surface area contributed by atoms with E-state index in [-0.39, 0.29) is 46.3 Å². The van der Waals surface area contributed by atoms with Crippen LogP contribution in [-0.4, -0.2) is 52.8 Å². The van der Waals surface area contributed by atoms with Crippen LogP contribution in [0.2, 0.25) is 36.3 Å². The van der Waals surface area contributed by atoms with Crippen molar-refractivity contribution >= 4 is 28.4 Å². The summed E-state index contributed by atoms with van der Waals surface area (Å²) in [6.45, 7) is 23.2. The number of unbranched alkanes of at least 4 members (excludes halogenated alkanes) is 1. The van der Waals surface area contributed by atoms with Gasteiger partial charge in [-0.1, -0.05) is 90.1 Å². The van der Waals surface area contributed by atoms with Crippen molar-refractivity contribution in [2.45, 2.75) is 142 Å². The van der Waals surface area contributed by atoms with Gasteiger partial charge in [-0.25, -0.2) is 0 Å². The minimum absolute atomic E-state index is 0.0363. The number of aliphatic carboxylic acids is 1. The van der Waals surface area contributed by atoms with Crippen molar-refractivity contribution in [2.24, 2.45) is 11.8 Å². The molecule has 0 spiro atoms. The molecule has 1 aromatic rings. The van der Waals surface area contributed by atoms with E-state index in [0.717, 1.165) is 12.8 Å². The normalized spacial score (nSPS) is 20.9. The summed E-state index contributed by atoms with van der Waals surface area (Å²) in [5, 5.41) is 9.06. The topological polar surface area (TPSA) is 82.1 Å². The Labute approximate surface area is 276 Å². The van der Waals surface area contributed by atoms with E-state index >= 15 is 0 Å². The van der Waals surface area contributed by atoms with Gasteiger partial charge in [0.2, 0.25) is 0 Å². The third-order valence-electron chi connectivity index (χ3n) is 10.1. The summed E-state index contributed by atoms with van der Waals surface area (Å²) in [4.78, 5) is 24.4. The Balaban J connectivity index is 2.38. The Morgan fingerprint density at radius 2 is 1.67 bits per heavy atom. The van der Waals surface area contributed by atoms with E-state index in [1.165, 1.54) is 11.1 Å². The summed E-state index contributed by atoms with van der Waals surface area (Å²) in [7, 11) is -2.47. The van der Waals surface area contributed by atoms with E-state index in [1.54, 1.807) is 7.11 Å². The number of benzene rings is 1. The van der Waals surface area contributed by atoms with Crippen molar-refractivity contribution < 1.29 is 28.3 Å². The summed E-state index contributed by atoms with van der Waals surface area (Å²) in [5.41, 5.74) is 2.43. The number of carboxylic acid groups (broad SMARTS) is 1. The lowest BCUT2D eigenvalue weighted by Crippen LogP contribution is -2.45. The number of carbonyl (C=O) groups is 2. The van der Waals surface area contributed by atoms with Gasteiger partial charge in [-0.05, 0) is 79.5 Å². The summed E-state index contributed by atoms with van der Waals surface area (Å²) in [5.74, 6) is -0.723. The zero-order valence-corrected chi connectivity index (χ0v) is 32.1. The molecule has 1 fully saturated rings. The molecule has 0 radical (unpaired) electrons. The second kappa shape index (κ2) is 16.8. The third-order valence-corrected chi connectivity index (χ3v) is 19.1. The molecule has 1 aromatic carbocycles. The number of Topliss-reactive ketones (excluding diaryl/α,β-unsaturated/α-hetero) is 1. The van der Waals surface area contributed by atoms with Crippen LogP contribution >= 0.6 is 0 Å². The predicted octanol–water partition coefficient (Wildman–Crippen LogP) is 9.51. The Kier molecular flexibility index (Phi) is 14.7. The first-order chi connectivity index (χ1) is 20.8. The molecule has 1 aliphatic carbocycles. The van der Waals surface area contributed by atoms with Crippen molar-refractivity contribution in [3.05, 3.63) is 59.7 Å². The molecule has 0 aliphatic heterocycles. The number of ketones is 1. The van der Waals surface area contributed by atoms with Crippen LogP contribution in [0.25, 0.3) is 0 Å². The van der Waals surface area contributed by atoms with E-state index < -0.39 is 22.6 Å². The molecule has 1 unspecified atom stereocenters. The minimum atomic E-state index is -2.12. The fraction of sp³-hybridized carbons (Fsp3) is 0.676. The second-order valence-corrected chi connectivity index (χ2v) is 25.4. The fourth-order valence-corrected chi connectivity index (χ4v) is 7.92. The van der Waals surface area contributed by atoms with Crippen LogP contribution in [0, 0.1) is 11.8 Å². The fourth-order valence-electron chi connectivity index (χ4n) is 5.27. The molecule has 8 heteroatoms. The molecule has 2 rings (SSSR count). The van der Waals surface area contributed by atoms with Crippen molar-refractivity contribution in [2.75, 3.05) is 7.11 Å². The van der Waals surface area contributed by atoms with Gasteiger partial charge in [-0.15, -0.1) is 0 Å². The highest BCUT2D eigenvalue weighted by Gasteiger charge is 2.47. The maximum absolute atomic E-state index is 13.5. The van der Waals surface area contributed by atoms with E-state index in [4.69, 9.17) is 18.7 Å². The zero-order valence-electron chi connectivity index (χ0n) is 30.1. The van der Waals surface area contributed by atoms with Gasteiger partial charge in [-0.2, -0.15) is 0 Å². The lowest BCUT2D eigenvalue weighted by molar-refractivity contribution is -0.137. The Morgan fingerprint density at radius 1 is 1.02 bits per heavy atom. The van der Waals surface area contributed by atoms with Crippen molar-refractivity contribution in [3.63, 3.8) is 0 Å². The molecule has 4 atom stereocenters. The molecule has 0 saturated heterocycles. The Bertz CT molecular complexity index is 1160. The van der Waals surface area contributed by atoms with Crippen LogP contribution in [-0.2, 0) is 36.2 Å². The quantitative estimate of drug-likeness (QED) is 0.102. The van der Waals surface area contributed by atoms with Crippen LogP contribution in [0.4, 0.5) is 0 Å². The molecule has 1 aliphatic rings. The van der Waals surface area contributed by atoms with Crippen LogP contribution < -0.4 is 0 Å². The number of carbonyl (C=O) groups excluding carboxylic acids is 1. The van der Waals surface area contributed by atoms with Gasteiger partial charge in [0.05, 0.1) is 18.8 Å². The maximum atomic E-state index is 13.5. The molecule has 0 heterocycles. The highest BCUT2D eigenvalue weighted by atomic mass is 28.4. The molecule has 0 amide bonds. The molecule has 0 aromatic heterocycles. The molecule has 1 N–H and O–H groups in total. The molecule has 254 valence electrons. The number of rotatable bonds is 17. The summed E-state index contributed by atoms with van der Waals surface area (Å²) >= 11 is 0. The number of methoxy groups -OCH3 is 1. The number of hydrogen-bond acceptors (Lipinski definition) is 5. The number of aryl methyl sites for hydroxylation is 1. The van der Waals surface area contributed by atoms with Crippen molar-refractivity contribution in [1.82, 2.24) is 0 Å². The van der Waals surface area contributed by atoms with Gasteiger partial charge in [-0.3, -0.25) is 9.59 Å². The van der Waals surface area contributed by atoms with E-state index in [1.807, 2.05) is 6.08 Å². The molecular weight excluding hydrogens is 597 g/mol. The molecule has 1 saturated carbocycles. The third kappa shape index (κ3) is 12.4. The molecule has 0 bridgehead atoms. The van der Waals surface area contributed by atoms with Gasteiger partial charge in [0, 0.05) is 31.8 Å². The average molecular weight is 659 g/mol. The van der Waals surface area contributed by atoms with Gasteiger partial charge in [0.1, 0.15) is 5.78 Å². The highest BCUT2D eigenvalue weighted by molar-refractivity contribution is 6.74. The van der Waals surface area contributed by atoms with E-state index in [0.29, 0.717) is 32.3 Å². The summed E-state index contributed by atoms with van der Waals surface area (Å²) < 4.78 is 19.3. The number of allylic oxidation sites excluding steroid dienone is 2. The van der Waals surface area contributed by atoms with Gasteiger partial charge < -0.3 is 18.7 Å². The number of carboxylic acids is 1. The average Bonchev–Trinajstić information content (AvgIpc) is 3.19. The van der Waals surface area contributed by atoms with Gasteiger partial charge in [0.25, 0.3) is 0 Å². The van der Waals surface area contributed by atoms with Crippen molar-refractivity contribution in [3.8, 4) is 0 Å². The molecule has 6 nitrogen and oxygen atoms in total. The van der Waals surface area contributed by atoms with Crippen LogP contribution in [0.15, 0.2) is 48.6 Å². The highest BCUT2D eigenvalue weighted by Crippen LogP contribution is 2.43. The van der Waals surface area contributed by atoms with E-state index in [9.17, 15) is 9.59 Å². The number of hydrogen-bond donors (Lipinski definition) is 1. The lowest BCUT2D eigenvalue weighted by atomic mass is 9.90. The number of ether oxygens (including phenoxy) is 1. The van der Waals surface area contributed by atoms with Crippen LogP contribution in [0.3, 0.4) is 0 Å². The molecular formula is C37H62O6Si2. The summed E-state index contributed by atoms with van der Waals surface area (Å²) in [6.07, 6.45) is 12.6. The first kappa shape index (κ1) is 39.3. The van der Waals surface area contributed by atoms with Crippen LogP contribution in [0.1, 0.15) is 91.2 Å². The van der Waals surface area contributed by atoms with Gasteiger partial charge in [0.15, 0.2) is 16.6 Å². The second-order valence-electron chi connectivity index (χ2n) is 15.9. The van der Waals surface area contributed by atoms with Crippen LogP contribution in [0.5, 0.6) is 0 Å². The monoisotopic (exact) mass is 658 g/mol. The first-order valence-corrected chi connectivity index (χ1v) is 22.6. The standard InChI is InChI=1S/C37H62O6Si2/c1-36(2,3)44(8,9)42-30(22-21-28-17-16-18-29(25-28)27-41-7)23-24-32-31(19-14-12-13-15-20-35(39)40)33(38)26-34(32)43-45(10,11)37(4,5)6/h12,14,16-18,23-25,30-32,34H,13,15,19-22,26-27H2,1-11H3,(H,39,40)/b14-12-,24-23+/t30-,31+,32?,34+/m0/s1. The Hall–Kier alpha value is -1.85. The first-order valence-electron chi connectivity index (χ1n) is 16.8. The largest absolute Gasteiger partial charge is 0.481 e. The predicted molar refractivity (Wildman–Crippen MR) is 191 cm³/mol. The van der Waals surface area contributed by atoms with E-state index in [2.05, 4.69) is 110 Å².